The lowest BCUT2D eigenvalue weighted by molar-refractivity contribution is -0.160. The summed E-state index contributed by atoms with van der Waals surface area (Å²) in [6, 6.07) is 6.27. The zero-order chi connectivity index (χ0) is 18.0. The van der Waals surface area contributed by atoms with Crippen molar-refractivity contribution in [3.63, 3.8) is 0 Å². The number of halogens is 1. The largest absolute Gasteiger partial charge is 0.462 e. The van der Waals surface area contributed by atoms with E-state index in [1.165, 1.54) is 12.1 Å². The number of rotatable bonds is 5. The molecule has 0 spiro atoms. The highest BCUT2D eigenvalue weighted by atomic mass is 19.1. The molecule has 2 aromatic rings. The van der Waals surface area contributed by atoms with Crippen LogP contribution in [0.3, 0.4) is 0 Å². The van der Waals surface area contributed by atoms with Crippen LogP contribution in [0.4, 0.5) is 4.39 Å². The maximum atomic E-state index is 13.2. The van der Waals surface area contributed by atoms with Crippen molar-refractivity contribution in [2.75, 3.05) is 0 Å². The fraction of sp³-hybridized carbons (Fsp3) is 0.500. The first-order valence-electron chi connectivity index (χ1n) is 8.51. The fourth-order valence-corrected chi connectivity index (χ4v) is 3.13. The van der Waals surface area contributed by atoms with Crippen LogP contribution < -0.4 is 0 Å². The van der Waals surface area contributed by atoms with Gasteiger partial charge in [0.25, 0.3) is 0 Å². The number of carbonyl (C=O) groups is 1. The molecule has 0 saturated carbocycles. The molecule has 7 heteroatoms. The molecule has 2 atom stereocenters. The molecule has 1 aromatic heterocycles. The van der Waals surface area contributed by atoms with Crippen LogP contribution in [0.15, 0.2) is 24.3 Å². The lowest BCUT2D eigenvalue weighted by Crippen LogP contribution is -2.33. The third-order valence-electron chi connectivity index (χ3n) is 4.34. The molecule has 1 aliphatic rings. The van der Waals surface area contributed by atoms with Gasteiger partial charge in [0.05, 0.1) is 18.2 Å². The number of aliphatic hydroxyl groups excluding tert-OH is 1. The molecule has 1 N–H and O–H groups in total. The van der Waals surface area contributed by atoms with Crippen LogP contribution in [0.1, 0.15) is 44.8 Å². The van der Waals surface area contributed by atoms with Gasteiger partial charge in [0.2, 0.25) is 0 Å². The first-order chi connectivity index (χ1) is 11.9. The Morgan fingerprint density at radius 2 is 2.08 bits per heavy atom. The van der Waals surface area contributed by atoms with Gasteiger partial charge in [-0.25, -0.2) is 9.07 Å². The first-order valence-corrected chi connectivity index (χ1v) is 8.51. The van der Waals surface area contributed by atoms with E-state index >= 15 is 0 Å². The number of aliphatic hydroxyl groups is 1. The van der Waals surface area contributed by atoms with E-state index in [-0.39, 0.29) is 30.4 Å². The van der Waals surface area contributed by atoms with Crippen molar-refractivity contribution in [1.29, 1.82) is 0 Å². The highest BCUT2D eigenvalue weighted by molar-refractivity contribution is 5.71. The van der Waals surface area contributed by atoms with Gasteiger partial charge in [-0.3, -0.25) is 4.79 Å². The number of benzene rings is 1. The predicted octanol–water partition coefficient (Wildman–Crippen LogP) is 2.66. The van der Waals surface area contributed by atoms with Gasteiger partial charge in [-0.2, -0.15) is 0 Å². The smallest absolute Gasteiger partial charge is 0.308 e. The van der Waals surface area contributed by atoms with Crippen molar-refractivity contribution >= 4 is 5.97 Å². The Bertz CT molecular complexity index is 743. The van der Waals surface area contributed by atoms with Gasteiger partial charge in [0.1, 0.15) is 17.6 Å². The van der Waals surface area contributed by atoms with Gasteiger partial charge >= 0.3 is 5.97 Å². The Morgan fingerprint density at radius 3 is 2.72 bits per heavy atom. The van der Waals surface area contributed by atoms with Crippen LogP contribution >= 0.6 is 0 Å². The molecule has 1 saturated heterocycles. The third-order valence-corrected chi connectivity index (χ3v) is 4.34. The number of hydrogen-bond donors (Lipinski definition) is 1. The third kappa shape index (κ3) is 4.04. The summed E-state index contributed by atoms with van der Waals surface area (Å²) in [6.45, 7) is 4.02. The van der Waals surface area contributed by atoms with Crippen molar-refractivity contribution in [2.24, 2.45) is 0 Å². The molecule has 2 heterocycles. The normalized spacial score (nSPS) is 20.8. The molecule has 2 unspecified atom stereocenters. The molecule has 6 nitrogen and oxygen atoms in total. The average molecular weight is 347 g/mol. The summed E-state index contributed by atoms with van der Waals surface area (Å²) < 4.78 is 20.3. The predicted molar refractivity (Wildman–Crippen MR) is 89.2 cm³/mol. The standard InChI is InChI=1S/C18H22FN3O3/c1-11(2)22-16(8-7-15-9-14(23)10-17(24)25-15)18(20-21-22)12-3-5-13(19)6-4-12/h3-6,11,14-15,23H,7-10H2,1-2H3. The first kappa shape index (κ1) is 17.5. The van der Waals surface area contributed by atoms with Crippen LogP contribution in [0.2, 0.25) is 0 Å². The Kier molecular flexibility index (Phi) is 5.13. The molecule has 1 aliphatic heterocycles. The highest BCUT2D eigenvalue weighted by Gasteiger charge is 2.28. The topological polar surface area (TPSA) is 77.2 Å². The Labute approximate surface area is 145 Å². The van der Waals surface area contributed by atoms with E-state index < -0.39 is 6.10 Å². The zero-order valence-electron chi connectivity index (χ0n) is 14.4. The summed E-state index contributed by atoms with van der Waals surface area (Å²) in [6.07, 6.45) is 0.729. The SMILES string of the molecule is CC(C)n1nnc(-c2ccc(F)cc2)c1CCC1CC(O)CC(=O)O1. The molecule has 0 amide bonds. The van der Waals surface area contributed by atoms with Crippen molar-refractivity contribution in [1.82, 2.24) is 15.0 Å². The van der Waals surface area contributed by atoms with E-state index in [0.717, 1.165) is 11.3 Å². The van der Waals surface area contributed by atoms with E-state index in [9.17, 15) is 14.3 Å². The van der Waals surface area contributed by atoms with E-state index in [1.807, 2.05) is 18.5 Å². The van der Waals surface area contributed by atoms with Crippen LogP contribution in [0, 0.1) is 5.82 Å². The van der Waals surface area contributed by atoms with Crippen LogP contribution in [-0.4, -0.2) is 38.3 Å². The number of aromatic nitrogens is 3. The molecule has 25 heavy (non-hydrogen) atoms. The number of nitrogens with zero attached hydrogens (tertiary/aromatic N) is 3. The monoisotopic (exact) mass is 347 g/mol. The van der Waals surface area contributed by atoms with Gasteiger partial charge in [-0.1, -0.05) is 5.21 Å². The Morgan fingerprint density at radius 1 is 1.36 bits per heavy atom. The lowest BCUT2D eigenvalue weighted by atomic mass is 9.99. The van der Waals surface area contributed by atoms with E-state index in [1.54, 1.807) is 12.1 Å². The average Bonchev–Trinajstić information content (AvgIpc) is 2.97. The summed E-state index contributed by atoms with van der Waals surface area (Å²) in [5, 5.41) is 18.2. The molecule has 0 radical (unpaired) electrons. The molecular weight excluding hydrogens is 325 g/mol. The summed E-state index contributed by atoms with van der Waals surface area (Å²) in [4.78, 5) is 11.5. The quantitative estimate of drug-likeness (QED) is 0.842. The Hall–Kier alpha value is -2.28. The summed E-state index contributed by atoms with van der Waals surface area (Å²) in [7, 11) is 0. The van der Waals surface area contributed by atoms with Crippen molar-refractivity contribution in [3.8, 4) is 11.3 Å². The van der Waals surface area contributed by atoms with Gasteiger partial charge < -0.3 is 9.84 Å². The summed E-state index contributed by atoms with van der Waals surface area (Å²) in [5.41, 5.74) is 2.41. The number of ether oxygens (including phenoxy) is 1. The second kappa shape index (κ2) is 7.31. The summed E-state index contributed by atoms with van der Waals surface area (Å²) in [5.74, 6) is -0.664. The molecule has 134 valence electrons. The van der Waals surface area contributed by atoms with Crippen LogP contribution in [0.25, 0.3) is 11.3 Å². The Balaban J connectivity index is 1.82. The van der Waals surface area contributed by atoms with Crippen LogP contribution in [0.5, 0.6) is 0 Å². The minimum atomic E-state index is -0.643. The van der Waals surface area contributed by atoms with Crippen molar-refractivity contribution in [3.05, 3.63) is 35.8 Å². The van der Waals surface area contributed by atoms with Gasteiger partial charge in [0.15, 0.2) is 0 Å². The second-order valence-corrected chi connectivity index (χ2v) is 6.67. The second-order valence-electron chi connectivity index (χ2n) is 6.67. The van der Waals surface area contributed by atoms with Gasteiger partial charge in [-0.15, -0.1) is 5.10 Å². The van der Waals surface area contributed by atoms with E-state index in [2.05, 4.69) is 10.3 Å². The van der Waals surface area contributed by atoms with E-state index in [0.29, 0.717) is 25.0 Å². The number of esters is 1. The molecular formula is C18H22FN3O3. The fourth-order valence-electron chi connectivity index (χ4n) is 3.13. The maximum absolute atomic E-state index is 13.2. The van der Waals surface area contributed by atoms with Gasteiger partial charge in [0, 0.05) is 18.0 Å². The zero-order valence-corrected chi connectivity index (χ0v) is 14.4. The lowest BCUT2D eigenvalue weighted by Gasteiger charge is -2.26. The highest BCUT2D eigenvalue weighted by Crippen LogP contribution is 2.27. The maximum Gasteiger partial charge on any atom is 0.308 e. The number of hydrogen-bond acceptors (Lipinski definition) is 5. The summed E-state index contributed by atoms with van der Waals surface area (Å²) >= 11 is 0. The van der Waals surface area contributed by atoms with Crippen molar-refractivity contribution in [2.45, 2.75) is 57.8 Å². The minimum absolute atomic E-state index is 0.0583. The van der Waals surface area contributed by atoms with Crippen molar-refractivity contribution < 1.29 is 19.0 Å². The van der Waals surface area contributed by atoms with Gasteiger partial charge in [-0.05, 0) is 51.0 Å². The molecule has 0 bridgehead atoms. The molecule has 1 aromatic carbocycles. The minimum Gasteiger partial charge on any atom is -0.462 e. The van der Waals surface area contributed by atoms with E-state index in [4.69, 9.17) is 4.74 Å². The number of cyclic esters (lactones) is 1. The van der Waals surface area contributed by atoms with Crippen LogP contribution in [-0.2, 0) is 16.0 Å². The molecule has 0 aliphatic carbocycles. The molecule has 3 rings (SSSR count). The molecule has 1 fully saturated rings. The number of carbonyl (C=O) groups excluding carboxylic acids is 1.